The molecule has 6 nitrogen and oxygen atoms in total. The van der Waals surface area contributed by atoms with Gasteiger partial charge in [0.1, 0.15) is 24.0 Å². The Bertz CT molecular complexity index is 1510. The number of hydrogen-bond acceptors (Lipinski definition) is 5. The van der Waals surface area contributed by atoms with Crippen LogP contribution in [0.5, 0.6) is 17.2 Å². The zero-order valence-corrected chi connectivity index (χ0v) is 20.7. The molecule has 182 valence electrons. The number of nitrogens with zero attached hydrogens (tertiary/aromatic N) is 2. The molecular formula is C30H28N2O4. The van der Waals surface area contributed by atoms with Gasteiger partial charge in [-0.25, -0.2) is 0 Å². The Hall–Kier alpha value is -4.03. The van der Waals surface area contributed by atoms with E-state index in [-0.39, 0.29) is 5.78 Å². The third kappa shape index (κ3) is 3.84. The Balaban J connectivity index is 1.27. The van der Waals surface area contributed by atoms with Crippen molar-refractivity contribution in [3.05, 3.63) is 94.4 Å². The average molecular weight is 481 g/mol. The van der Waals surface area contributed by atoms with E-state index in [2.05, 4.69) is 33.7 Å². The number of ketones is 1. The zero-order chi connectivity index (χ0) is 24.8. The fraction of sp³-hybridized carbons (Fsp3) is 0.233. The molecular weight excluding hydrogens is 452 g/mol. The first kappa shape index (κ1) is 22.4. The Morgan fingerprint density at radius 1 is 1.11 bits per heavy atom. The summed E-state index contributed by atoms with van der Waals surface area (Å²) in [5.74, 6) is 2.57. The van der Waals surface area contributed by atoms with Crippen molar-refractivity contribution in [2.45, 2.75) is 19.9 Å². The maximum Gasteiger partial charge on any atom is 0.232 e. The molecule has 0 unspecified atom stereocenters. The zero-order valence-electron chi connectivity index (χ0n) is 20.7. The van der Waals surface area contributed by atoms with Gasteiger partial charge in [-0.1, -0.05) is 30.3 Å². The minimum Gasteiger partial charge on any atom is -0.497 e. The SMILES string of the molecule is COc1ccc(CCN2COc3cc(C)c4c(c3C2)O/C(=C/c2cn(C)c3ccccc23)C4=O)cc1. The van der Waals surface area contributed by atoms with Crippen LogP contribution in [0.15, 0.2) is 66.6 Å². The topological polar surface area (TPSA) is 52.9 Å². The second-order valence-electron chi connectivity index (χ2n) is 9.45. The highest BCUT2D eigenvalue weighted by Gasteiger charge is 2.35. The van der Waals surface area contributed by atoms with E-state index in [9.17, 15) is 4.79 Å². The quantitative estimate of drug-likeness (QED) is 0.353. The summed E-state index contributed by atoms with van der Waals surface area (Å²) in [6.07, 6.45) is 4.79. The number of fused-ring (bicyclic) bond motifs is 4. The van der Waals surface area contributed by atoms with E-state index in [0.717, 1.165) is 52.1 Å². The first-order valence-corrected chi connectivity index (χ1v) is 12.1. The van der Waals surface area contributed by atoms with Crippen LogP contribution in [-0.2, 0) is 20.0 Å². The molecule has 0 saturated carbocycles. The van der Waals surface area contributed by atoms with Crippen molar-refractivity contribution in [1.29, 1.82) is 0 Å². The van der Waals surface area contributed by atoms with Crippen LogP contribution in [0, 0.1) is 6.92 Å². The normalized spacial score (nSPS) is 16.1. The number of aromatic nitrogens is 1. The summed E-state index contributed by atoms with van der Waals surface area (Å²) in [6, 6.07) is 18.3. The van der Waals surface area contributed by atoms with Crippen molar-refractivity contribution in [1.82, 2.24) is 9.47 Å². The smallest absolute Gasteiger partial charge is 0.232 e. The van der Waals surface area contributed by atoms with Crippen LogP contribution in [0.25, 0.3) is 17.0 Å². The Morgan fingerprint density at radius 3 is 2.72 bits per heavy atom. The number of aryl methyl sites for hydroxylation is 2. The van der Waals surface area contributed by atoms with E-state index in [1.165, 1.54) is 5.56 Å². The summed E-state index contributed by atoms with van der Waals surface area (Å²) >= 11 is 0. The molecule has 3 heterocycles. The van der Waals surface area contributed by atoms with Gasteiger partial charge in [0.25, 0.3) is 0 Å². The summed E-state index contributed by atoms with van der Waals surface area (Å²) in [6.45, 7) is 3.96. The van der Waals surface area contributed by atoms with E-state index in [1.54, 1.807) is 7.11 Å². The Morgan fingerprint density at radius 2 is 1.92 bits per heavy atom. The molecule has 6 heteroatoms. The maximum atomic E-state index is 13.4. The van der Waals surface area contributed by atoms with Crippen LogP contribution in [0.4, 0.5) is 0 Å². The fourth-order valence-electron chi connectivity index (χ4n) is 5.13. The monoisotopic (exact) mass is 480 g/mol. The van der Waals surface area contributed by atoms with E-state index in [0.29, 0.717) is 30.3 Å². The van der Waals surface area contributed by atoms with Gasteiger partial charge in [-0.15, -0.1) is 0 Å². The number of Topliss-reactive ketones (excluding diaryl/α,β-unsaturated/α-hetero) is 1. The standard InChI is InChI=1S/C30H28N2O4/c1-19-14-26-24(17-32(18-35-26)13-12-20-8-10-22(34-3)11-9-20)30-28(19)29(33)27(36-30)15-21-16-31(2)25-7-5-4-6-23(21)25/h4-11,14-16H,12-13,17-18H2,1-3H3/b27-15+. The van der Waals surface area contributed by atoms with Crippen LogP contribution >= 0.6 is 0 Å². The highest BCUT2D eigenvalue weighted by molar-refractivity contribution is 6.16. The summed E-state index contributed by atoms with van der Waals surface area (Å²) in [7, 11) is 3.68. The molecule has 2 aliphatic rings. The summed E-state index contributed by atoms with van der Waals surface area (Å²) in [5, 5.41) is 1.09. The third-order valence-electron chi connectivity index (χ3n) is 7.08. The van der Waals surface area contributed by atoms with Crippen molar-refractivity contribution in [3.8, 4) is 17.2 Å². The number of methoxy groups -OCH3 is 1. The lowest BCUT2D eigenvalue weighted by atomic mass is 9.98. The van der Waals surface area contributed by atoms with Crippen LogP contribution in [0.2, 0.25) is 0 Å². The molecule has 0 N–H and O–H groups in total. The van der Waals surface area contributed by atoms with Crippen LogP contribution in [0.1, 0.15) is 32.6 Å². The van der Waals surface area contributed by atoms with E-state index in [4.69, 9.17) is 14.2 Å². The molecule has 6 rings (SSSR count). The molecule has 0 atom stereocenters. The predicted octanol–water partition coefficient (Wildman–Crippen LogP) is 5.51. The highest BCUT2D eigenvalue weighted by atomic mass is 16.5. The van der Waals surface area contributed by atoms with Gasteiger partial charge in [-0.05, 0) is 54.8 Å². The number of ether oxygens (including phenoxy) is 3. The maximum absolute atomic E-state index is 13.4. The van der Waals surface area contributed by atoms with Crippen LogP contribution < -0.4 is 14.2 Å². The van der Waals surface area contributed by atoms with Crippen LogP contribution in [-0.4, -0.2) is 35.6 Å². The minimum absolute atomic E-state index is 0.0754. The van der Waals surface area contributed by atoms with Crippen molar-refractivity contribution >= 4 is 22.8 Å². The van der Waals surface area contributed by atoms with E-state index in [1.807, 2.05) is 56.6 Å². The third-order valence-corrected chi connectivity index (χ3v) is 7.08. The van der Waals surface area contributed by atoms with Crippen LogP contribution in [0.3, 0.4) is 0 Å². The summed E-state index contributed by atoms with van der Waals surface area (Å²) in [5.41, 5.74) is 5.77. The number of para-hydroxylation sites is 1. The lowest BCUT2D eigenvalue weighted by Gasteiger charge is -2.30. The molecule has 2 aliphatic heterocycles. The summed E-state index contributed by atoms with van der Waals surface area (Å²) < 4.78 is 19.7. The number of benzene rings is 3. The van der Waals surface area contributed by atoms with Crippen molar-refractivity contribution in [3.63, 3.8) is 0 Å². The minimum atomic E-state index is -0.0754. The van der Waals surface area contributed by atoms with Crippen molar-refractivity contribution in [2.75, 3.05) is 20.4 Å². The molecule has 0 bridgehead atoms. The number of allylic oxidation sites excluding steroid dienone is 1. The van der Waals surface area contributed by atoms with Crippen molar-refractivity contribution in [2.24, 2.45) is 7.05 Å². The van der Waals surface area contributed by atoms with E-state index < -0.39 is 0 Å². The van der Waals surface area contributed by atoms with Gasteiger partial charge < -0.3 is 18.8 Å². The second-order valence-corrected chi connectivity index (χ2v) is 9.45. The largest absolute Gasteiger partial charge is 0.497 e. The molecule has 0 fully saturated rings. The van der Waals surface area contributed by atoms with Gasteiger partial charge in [0.15, 0.2) is 5.76 Å². The molecule has 0 aliphatic carbocycles. The lowest BCUT2D eigenvalue weighted by molar-refractivity contribution is 0.0949. The number of hydrogen-bond donors (Lipinski definition) is 0. The molecule has 0 saturated heterocycles. The first-order chi connectivity index (χ1) is 17.5. The van der Waals surface area contributed by atoms with E-state index >= 15 is 0 Å². The molecule has 4 aromatic rings. The van der Waals surface area contributed by atoms with Gasteiger partial charge in [0, 0.05) is 42.8 Å². The lowest BCUT2D eigenvalue weighted by Crippen LogP contribution is -2.33. The number of rotatable bonds is 5. The summed E-state index contributed by atoms with van der Waals surface area (Å²) in [4.78, 5) is 15.7. The molecule has 0 spiro atoms. The first-order valence-electron chi connectivity index (χ1n) is 12.1. The molecule has 0 amide bonds. The molecule has 3 aromatic carbocycles. The van der Waals surface area contributed by atoms with Gasteiger partial charge in [-0.3, -0.25) is 9.69 Å². The second kappa shape index (κ2) is 8.88. The fourth-order valence-corrected chi connectivity index (χ4v) is 5.13. The molecule has 36 heavy (non-hydrogen) atoms. The van der Waals surface area contributed by atoms with Gasteiger partial charge in [0.2, 0.25) is 5.78 Å². The number of carbonyl (C=O) groups excluding carboxylic acids is 1. The highest BCUT2D eigenvalue weighted by Crippen LogP contribution is 2.44. The number of carbonyl (C=O) groups is 1. The predicted molar refractivity (Wildman–Crippen MR) is 140 cm³/mol. The van der Waals surface area contributed by atoms with Gasteiger partial charge in [-0.2, -0.15) is 0 Å². The van der Waals surface area contributed by atoms with Crippen molar-refractivity contribution < 1.29 is 19.0 Å². The average Bonchev–Trinajstić information content (AvgIpc) is 3.40. The van der Waals surface area contributed by atoms with Gasteiger partial charge in [0.05, 0.1) is 18.2 Å². The van der Waals surface area contributed by atoms with Gasteiger partial charge >= 0.3 is 0 Å². The Kier molecular flexibility index (Phi) is 5.53. The molecule has 1 aromatic heterocycles. The Labute approximate surface area is 210 Å². The molecule has 0 radical (unpaired) electrons.